The first kappa shape index (κ1) is 19.2. The number of benzene rings is 1. The third-order valence-corrected chi connectivity index (χ3v) is 2.51. The van der Waals surface area contributed by atoms with Crippen LogP contribution in [0, 0.1) is 0 Å². The topological polar surface area (TPSA) is 96.2 Å². The number of rotatable bonds is 5. The predicted octanol–water partition coefficient (Wildman–Crippen LogP) is 1.60. The molecule has 0 aliphatic carbocycles. The van der Waals surface area contributed by atoms with E-state index in [0.29, 0.717) is 12.2 Å². The second-order valence-electron chi connectivity index (χ2n) is 4.96. The molecular formula is C14H23ClN4O2. The fraction of sp³-hybridized carbons (Fsp3) is 0.429. The van der Waals surface area contributed by atoms with Crippen molar-refractivity contribution in [1.29, 1.82) is 0 Å². The number of carbonyl (C=O) groups is 2. The van der Waals surface area contributed by atoms with E-state index < -0.39 is 6.04 Å². The van der Waals surface area contributed by atoms with Gasteiger partial charge >= 0.3 is 6.03 Å². The van der Waals surface area contributed by atoms with Crippen LogP contribution in [0.5, 0.6) is 0 Å². The van der Waals surface area contributed by atoms with E-state index in [1.807, 2.05) is 26.0 Å². The van der Waals surface area contributed by atoms with Gasteiger partial charge in [0.05, 0.1) is 6.04 Å². The molecule has 1 aromatic rings. The van der Waals surface area contributed by atoms with Gasteiger partial charge in [-0.3, -0.25) is 4.79 Å². The van der Waals surface area contributed by atoms with Gasteiger partial charge in [-0.05, 0) is 38.5 Å². The van der Waals surface area contributed by atoms with Crippen molar-refractivity contribution in [3.05, 3.63) is 29.8 Å². The van der Waals surface area contributed by atoms with Gasteiger partial charge in [-0.1, -0.05) is 12.1 Å². The summed E-state index contributed by atoms with van der Waals surface area (Å²) < 4.78 is 0. The van der Waals surface area contributed by atoms with Gasteiger partial charge in [0.15, 0.2) is 0 Å². The van der Waals surface area contributed by atoms with Gasteiger partial charge in [-0.2, -0.15) is 0 Å². The smallest absolute Gasteiger partial charge is 0.319 e. The molecule has 118 valence electrons. The van der Waals surface area contributed by atoms with Crippen LogP contribution in [0.2, 0.25) is 0 Å². The molecule has 21 heavy (non-hydrogen) atoms. The zero-order valence-corrected chi connectivity index (χ0v) is 13.3. The predicted molar refractivity (Wildman–Crippen MR) is 86.5 cm³/mol. The molecule has 1 rings (SSSR count). The highest BCUT2D eigenvalue weighted by Crippen LogP contribution is 2.09. The summed E-state index contributed by atoms with van der Waals surface area (Å²) in [4.78, 5) is 22.8. The molecule has 0 aliphatic rings. The molecular weight excluding hydrogens is 292 g/mol. The van der Waals surface area contributed by atoms with Crippen LogP contribution < -0.4 is 21.7 Å². The van der Waals surface area contributed by atoms with Crippen molar-refractivity contribution in [2.75, 3.05) is 5.32 Å². The van der Waals surface area contributed by atoms with E-state index in [0.717, 1.165) is 5.56 Å². The van der Waals surface area contributed by atoms with Crippen molar-refractivity contribution < 1.29 is 9.59 Å². The fourth-order valence-electron chi connectivity index (χ4n) is 1.49. The van der Waals surface area contributed by atoms with Crippen LogP contribution in [-0.2, 0) is 11.3 Å². The largest absolute Gasteiger partial charge is 0.351 e. The van der Waals surface area contributed by atoms with Crippen LogP contribution >= 0.6 is 12.4 Å². The molecule has 0 radical (unpaired) electrons. The molecule has 1 aromatic carbocycles. The van der Waals surface area contributed by atoms with Crippen LogP contribution in [0.25, 0.3) is 0 Å². The Morgan fingerprint density at radius 1 is 1.14 bits per heavy atom. The molecule has 1 unspecified atom stereocenters. The van der Waals surface area contributed by atoms with Crippen LogP contribution in [0.4, 0.5) is 10.5 Å². The molecule has 0 spiro atoms. The van der Waals surface area contributed by atoms with Crippen molar-refractivity contribution >= 4 is 30.0 Å². The van der Waals surface area contributed by atoms with Crippen molar-refractivity contribution in [1.82, 2.24) is 10.6 Å². The Labute approximate surface area is 131 Å². The quantitative estimate of drug-likeness (QED) is 0.664. The van der Waals surface area contributed by atoms with Crippen molar-refractivity contribution in [2.24, 2.45) is 5.73 Å². The number of hydrogen-bond acceptors (Lipinski definition) is 3. The first-order valence-electron chi connectivity index (χ1n) is 6.58. The zero-order valence-electron chi connectivity index (χ0n) is 12.5. The number of halogens is 1. The Balaban J connectivity index is 0.00000400. The van der Waals surface area contributed by atoms with Crippen LogP contribution in [-0.4, -0.2) is 24.0 Å². The summed E-state index contributed by atoms with van der Waals surface area (Å²) in [5.74, 6) is -0.191. The van der Waals surface area contributed by atoms with E-state index in [2.05, 4.69) is 16.0 Å². The molecule has 0 heterocycles. The third-order valence-electron chi connectivity index (χ3n) is 2.51. The van der Waals surface area contributed by atoms with Crippen molar-refractivity contribution in [3.63, 3.8) is 0 Å². The first-order chi connectivity index (χ1) is 9.38. The average molecular weight is 315 g/mol. The normalized spacial score (nSPS) is 11.3. The molecule has 0 saturated carbocycles. The molecule has 6 nitrogen and oxygen atoms in total. The lowest BCUT2D eigenvalue weighted by Crippen LogP contribution is -2.37. The minimum Gasteiger partial charge on any atom is -0.351 e. The van der Waals surface area contributed by atoms with E-state index in [4.69, 9.17) is 5.73 Å². The second-order valence-corrected chi connectivity index (χ2v) is 4.96. The van der Waals surface area contributed by atoms with E-state index in [1.165, 1.54) is 0 Å². The van der Waals surface area contributed by atoms with Crippen LogP contribution in [0.15, 0.2) is 24.3 Å². The SMILES string of the molecule is CC(C)NC(=O)Nc1ccc(CNC(=O)C(C)N)cc1.Cl. The van der Waals surface area contributed by atoms with E-state index in [9.17, 15) is 9.59 Å². The van der Waals surface area contributed by atoms with E-state index >= 15 is 0 Å². The van der Waals surface area contributed by atoms with Crippen LogP contribution in [0.1, 0.15) is 26.3 Å². The summed E-state index contributed by atoms with van der Waals surface area (Å²) in [6, 6.07) is 6.58. The summed E-state index contributed by atoms with van der Waals surface area (Å²) in [5, 5.41) is 8.18. The Morgan fingerprint density at radius 3 is 2.19 bits per heavy atom. The average Bonchev–Trinajstić information content (AvgIpc) is 2.36. The Morgan fingerprint density at radius 2 is 1.71 bits per heavy atom. The maximum atomic E-state index is 11.5. The Kier molecular flexibility index (Phi) is 8.42. The fourth-order valence-corrected chi connectivity index (χ4v) is 1.49. The monoisotopic (exact) mass is 314 g/mol. The Hall–Kier alpha value is -1.79. The number of anilines is 1. The highest BCUT2D eigenvalue weighted by Gasteiger charge is 2.06. The molecule has 3 amide bonds. The Bertz CT molecular complexity index is 461. The molecule has 5 N–H and O–H groups in total. The second kappa shape index (κ2) is 9.20. The zero-order chi connectivity index (χ0) is 15.1. The number of carbonyl (C=O) groups excluding carboxylic acids is 2. The molecule has 0 fully saturated rings. The minimum atomic E-state index is -0.518. The molecule has 1 atom stereocenters. The summed E-state index contributed by atoms with van der Waals surface area (Å²) >= 11 is 0. The number of nitrogens with two attached hydrogens (primary N) is 1. The first-order valence-corrected chi connectivity index (χ1v) is 6.58. The lowest BCUT2D eigenvalue weighted by molar-refractivity contribution is -0.122. The lowest BCUT2D eigenvalue weighted by atomic mass is 10.2. The van der Waals surface area contributed by atoms with Crippen molar-refractivity contribution in [2.45, 2.75) is 39.4 Å². The molecule has 7 heteroatoms. The van der Waals surface area contributed by atoms with Gasteiger partial charge in [0.1, 0.15) is 0 Å². The molecule has 0 bridgehead atoms. The number of nitrogens with one attached hydrogen (secondary N) is 3. The summed E-state index contributed by atoms with van der Waals surface area (Å²) in [7, 11) is 0. The summed E-state index contributed by atoms with van der Waals surface area (Å²) in [6.45, 7) is 5.84. The molecule has 0 aliphatic heterocycles. The van der Waals surface area contributed by atoms with E-state index in [-0.39, 0.29) is 30.4 Å². The van der Waals surface area contributed by atoms with Crippen molar-refractivity contribution in [3.8, 4) is 0 Å². The lowest BCUT2D eigenvalue weighted by Gasteiger charge is -2.11. The highest BCUT2D eigenvalue weighted by molar-refractivity contribution is 5.89. The van der Waals surface area contributed by atoms with Gasteiger partial charge in [-0.25, -0.2) is 4.79 Å². The number of amides is 3. The third kappa shape index (κ3) is 7.53. The number of urea groups is 1. The maximum absolute atomic E-state index is 11.5. The molecule has 0 aromatic heterocycles. The summed E-state index contributed by atoms with van der Waals surface area (Å²) in [5.41, 5.74) is 7.09. The van der Waals surface area contributed by atoms with Gasteiger partial charge in [0, 0.05) is 18.3 Å². The highest BCUT2D eigenvalue weighted by atomic mass is 35.5. The standard InChI is InChI=1S/C14H22N4O2.ClH/c1-9(2)17-14(20)18-12-6-4-11(5-7-12)8-16-13(19)10(3)15;/h4-7,9-10H,8,15H2,1-3H3,(H,16,19)(H2,17,18,20);1H. The summed E-state index contributed by atoms with van der Waals surface area (Å²) in [6.07, 6.45) is 0. The van der Waals surface area contributed by atoms with Gasteiger partial charge in [0.25, 0.3) is 0 Å². The van der Waals surface area contributed by atoms with Gasteiger partial charge in [-0.15, -0.1) is 12.4 Å². The van der Waals surface area contributed by atoms with E-state index in [1.54, 1.807) is 19.1 Å². The number of hydrogen-bond donors (Lipinski definition) is 4. The van der Waals surface area contributed by atoms with Gasteiger partial charge in [0.2, 0.25) is 5.91 Å². The molecule has 0 saturated heterocycles. The minimum absolute atomic E-state index is 0. The maximum Gasteiger partial charge on any atom is 0.319 e. The van der Waals surface area contributed by atoms with Crippen LogP contribution in [0.3, 0.4) is 0 Å². The van der Waals surface area contributed by atoms with Gasteiger partial charge < -0.3 is 21.7 Å².